The Labute approximate surface area is 212 Å². The van der Waals surface area contributed by atoms with Crippen molar-refractivity contribution in [3.63, 3.8) is 0 Å². The fourth-order valence-corrected chi connectivity index (χ4v) is 5.13. The minimum absolute atomic E-state index is 0.0261. The van der Waals surface area contributed by atoms with Crippen molar-refractivity contribution in [3.05, 3.63) is 74.6 Å². The molecule has 1 atom stereocenters. The monoisotopic (exact) mass is 505 g/mol. The molecule has 0 aliphatic carbocycles. The van der Waals surface area contributed by atoms with Crippen LogP contribution in [0.3, 0.4) is 0 Å². The Hall–Kier alpha value is -3.72. The number of aryl methyl sites for hydroxylation is 1. The Morgan fingerprint density at radius 3 is 2.61 bits per heavy atom. The molecule has 2 aromatic carbocycles. The lowest BCUT2D eigenvalue weighted by molar-refractivity contribution is 0.0970. The molecular weight excluding hydrogens is 478 g/mol. The van der Waals surface area contributed by atoms with Gasteiger partial charge in [-0.1, -0.05) is 49.8 Å². The first kappa shape index (κ1) is 24.0. The Balaban J connectivity index is 1.69. The van der Waals surface area contributed by atoms with Crippen molar-refractivity contribution in [2.75, 3.05) is 18.1 Å². The van der Waals surface area contributed by atoms with Crippen LogP contribution in [0.15, 0.2) is 51.7 Å². The normalized spacial score (nSPS) is 14.9. The summed E-state index contributed by atoms with van der Waals surface area (Å²) in [6, 6.07) is 11.7. The number of unbranched alkanes of at least 4 members (excludes halogenated alkanes) is 1. The Morgan fingerprint density at radius 1 is 1.03 bits per heavy atom. The molecular formula is C27H27N3O5S. The fraction of sp³-hybridized carbons (Fsp3) is 0.333. The van der Waals surface area contributed by atoms with Crippen molar-refractivity contribution in [1.29, 1.82) is 0 Å². The predicted octanol–water partition coefficient (Wildman–Crippen LogP) is 5.53. The number of para-hydroxylation sites is 1. The number of anilines is 1. The summed E-state index contributed by atoms with van der Waals surface area (Å²) in [4.78, 5) is 28.9. The highest BCUT2D eigenvalue weighted by molar-refractivity contribution is 7.15. The molecule has 2 aromatic heterocycles. The van der Waals surface area contributed by atoms with E-state index in [4.69, 9.17) is 13.9 Å². The summed E-state index contributed by atoms with van der Waals surface area (Å²) in [6.07, 6.45) is 2.64. The molecule has 0 bridgehead atoms. The number of fused-ring (bicyclic) bond motifs is 2. The Kier molecular flexibility index (Phi) is 6.73. The summed E-state index contributed by atoms with van der Waals surface area (Å²) in [5, 5.41) is 10.1. The zero-order valence-corrected chi connectivity index (χ0v) is 21.3. The van der Waals surface area contributed by atoms with E-state index >= 15 is 0 Å². The number of hydrogen-bond donors (Lipinski definition) is 0. The largest absolute Gasteiger partial charge is 0.490 e. The lowest BCUT2D eigenvalue weighted by Gasteiger charge is -2.23. The van der Waals surface area contributed by atoms with E-state index in [1.807, 2.05) is 32.0 Å². The number of carbonyl (C=O) groups excluding carboxylic acids is 1. The van der Waals surface area contributed by atoms with Crippen LogP contribution in [0.25, 0.3) is 11.0 Å². The van der Waals surface area contributed by atoms with Crippen molar-refractivity contribution in [3.8, 4) is 11.5 Å². The molecule has 0 spiro atoms. The second-order valence-corrected chi connectivity index (χ2v) is 9.46. The quantitative estimate of drug-likeness (QED) is 0.276. The van der Waals surface area contributed by atoms with Gasteiger partial charge in [-0.05, 0) is 49.6 Å². The number of nitrogens with zero attached hydrogens (tertiary/aromatic N) is 3. The van der Waals surface area contributed by atoms with Gasteiger partial charge in [0.1, 0.15) is 10.6 Å². The zero-order chi connectivity index (χ0) is 25.2. The molecule has 0 saturated carbocycles. The minimum atomic E-state index is -0.741. The van der Waals surface area contributed by atoms with Crippen molar-refractivity contribution in [2.45, 2.75) is 46.1 Å². The van der Waals surface area contributed by atoms with Crippen LogP contribution in [0.1, 0.15) is 66.3 Å². The molecule has 4 aromatic rings. The lowest BCUT2D eigenvalue weighted by atomic mass is 9.98. The highest BCUT2D eigenvalue weighted by Crippen LogP contribution is 2.44. The maximum Gasteiger partial charge on any atom is 0.297 e. The minimum Gasteiger partial charge on any atom is -0.490 e. The van der Waals surface area contributed by atoms with E-state index in [-0.39, 0.29) is 16.8 Å². The van der Waals surface area contributed by atoms with Crippen LogP contribution in [0.5, 0.6) is 11.5 Å². The number of carbonyl (C=O) groups is 1. The number of ether oxygens (including phenoxy) is 2. The number of benzene rings is 2. The summed E-state index contributed by atoms with van der Waals surface area (Å²) in [6.45, 7) is 7.00. The van der Waals surface area contributed by atoms with Crippen molar-refractivity contribution in [2.24, 2.45) is 0 Å². The third-order valence-electron chi connectivity index (χ3n) is 6.08. The first-order chi connectivity index (χ1) is 17.6. The molecule has 0 saturated heterocycles. The highest BCUT2D eigenvalue weighted by Gasteiger charge is 2.45. The summed E-state index contributed by atoms with van der Waals surface area (Å²) in [7, 11) is 0. The maximum atomic E-state index is 13.7. The van der Waals surface area contributed by atoms with Gasteiger partial charge in [0.25, 0.3) is 5.91 Å². The molecule has 0 fully saturated rings. The molecule has 0 N–H and O–H groups in total. The van der Waals surface area contributed by atoms with Gasteiger partial charge in [-0.15, -0.1) is 10.2 Å². The molecule has 186 valence electrons. The van der Waals surface area contributed by atoms with E-state index in [2.05, 4.69) is 17.1 Å². The molecule has 1 unspecified atom stereocenters. The fourth-order valence-electron chi connectivity index (χ4n) is 4.33. The van der Waals surface area contributed by atoms with Gasteiger partial charge in [-0.2, -0.15) is 0 Å². The summed E-state index contributed by atoms with van der Waals surface area (Å²) < 4.78 is 17.8. The Bertz CT molecular complexity index is 1480. The van der Waals surface area contributed by atoms with Crippen molar-refractivity contribution < 1.29 is 18.7 Å². The van der Waals surface area contributed by atoms with Crippen LogP contribution in [0, 0.1) is 0 Å². The van der Waals surface area contributed by atoms with E-state index in [9.17, 15) is 9.59 Å². The van der Waals surface area contributed by atoms with Crippen molar-refractivity contribution >= 4 is 33.3 Å². The van der Waals surface area contributed by atoms with Crippen LogP contribution in [-0.2, 0) is 6.42 Å². The molecule has 1 amide bonds. The molecule has 9 heteroatoms. The first-order valence-electron chi connectivity index (χ1n) is 12.2. The zero-order valence-electron chi connectivity index (χ0n) is 20.4. The maximum absolute atomic E-state index is 13.7. The van der Waals surface area contributed by atoms with Gasteiger partial charge in [0.2, 0.25) is 10.9 Å². The topological polar surface area (TPSA) is 94.8 Å². The third kappa shape index (κ3) is 4.13. The van der Waals surface area contributed by atoms with E-state index < -0.39 is 11.9 Å². The van der Waals surface area contributed by atoms with Crippen LogP contribution < -0.4 is 19.8 Å². The van der Waals surface area contributed by atoms with Gasteiger partial charge in [-0.3, -0.25) is 14.5 Å². The third-order valence-corrected chi connectivity index (χ3v) is 7.15. The summed E-state index contributed by atoms with van der Waals surface area (Å²) >= 11 is 1.33. The first-order valence-corrected chi connectivity index (χ1v) is 13.0. The molecule has 1 aliphatic heterocycles. The molecule has 3 heterocycles. The smallest absolute Gasteiger partial charge is 0.297 e. The number of hydrogen-bond acceptors (Lipinski definition) is 8. The molecule has 36 heavy (non-hydrogen) atoms. The predicted molar refractivity (Wildman–Crippen MR) is 138 cm³/mol. The molecule has 0 radical (unpaired) electrons. The average molecular weight is 506 g/mol. The lowest BCUT2D eigenvalue weighted by Crippen LogP contribution is -2.29. The van der Waals surface area contributed by atoms with E-state index in [1.54, 1.807) is 24.3 Å². The van der Waals surface area contributed by atoms with E-state index in [0.717, 1.165) is 17.8 Å². The number of amides is 1. The van der Waals surface area contributed by atoms with Gasteiger partial charge in [0.15, 0.2) is 16.9 Å². The van der Waals surface area contributed by atoms with Gasteiger partial charge < -0.3 is 13.9 Å². The molecule has 1 aliphatic rings. The van der Waals surface area contributed by atoms with Gasteiger partial charge >= 0.3 is 0 Å². The standard InChI is InChI=1S/C27H27N3O5S/c1-4-7-14-34-19-13-12-16(15-20(19)33-6-3)23-22-24(31)17-10-8-9-11-18(17)35-25(22)26(32)30(23)27-29-28-21(5-2)36-27/h8-13,15,23H,4-7,14H2,1-3H3. The van der Waals surface area contributed by atoms with Crippen molar-refractivity contribution in [1.82, 2.24) is 10.2 Å². The van der Waals surface area contributed by atoms with Gasteiger partial charge in [0, 0.05) is 0 Å². The van der Waals surface area contributed by atoms with Gasteiger partial charge in [-0.25, -0.2) is 0 Å². The number of aromatic nitrogens is 2. The molecule has 8 nitrogen and oxygen atoms in total. The van der Waals surface area contributed by atoms with E-state index in [0.29, 0.717) is 52.8 Å². The second kappa shape index (κ2) is 10.1. The summed E-state index contributed by atoms with van der Waals surface area (Å²) in [5.74, 6) is 0.791. The SMILES string of the molecule is CCCCOc1ccc(C2c3c(oc4ccccc4c3=O)C(=O)N2c2nnc(CC)s2)cc1OCC. The number of rotatable bonds is 9. The van der Waals surface area contributed by atoms with Crippen LogP contribution in [-0.4, -0.2) is 29.3 Å². The Morgan fingerprint density at radius 2 is 1.86 bits per heavy atom. The van der Waals surface area contributed by atoms with Crippen LogP contribution in [0.2, 0.25) is 0 Å². The second-order valence-electron chi connectivity index (χ2n) is 8.42. The van der Waals surface area contributed by atoms with E-state index in [1.165, 1.54) is 16.2 Å². The van der Waals surface area contributed by atoms with Crippen LogP contribution >= 0.6 is 11.3 Å². The average Bonchev–Trinajstić information content (AvgIpc) is 3.48. The van der Waals surface area contributed by atoms with Gasteiger partial charge in [0.05, 0.1) is 30.2 Å². The van der Waals surface area contributed by atoms with Crippen LogP contribution in [0.4, 0.5) is 5.13 Å². The highest BCUT2D eigenvalue weighted by atomic mass is 32.1. The molecule has 5 rings (SSSR count). The summed E-state index contributed by atoms with van der Waals surface area (Å²) in [5.41, 5.74) is 1.11.